The fourth-order valence-electron chi connectivity index (χ4n) is 2.75. The molecule has 0 bridgehead atoms. The Bertz CT molecular complexity index is 1200. The zero-order chi connectivity index (χ0) is 25.3. The third-order valence-corrected chi connectivity index (χ3v) is 5.55. The van der Waals surface area contributed by atoms with Crippen molar-refractivity contribution in [3.05, 3.63) is 53.1 Å². The Kier molecular flexibility index (Phi) is 9.01. The second kappa shape index (κ2) is 11.7. The standard InChI is InChI=1S/C22H24N2O9S/c1-30-15-11-18(32-3)16(19(12-15)33-4)9-10-34(28,29)13-14-5-6-17(31-2)22(23-14)24-20(25)7-8-21(26)27/h5-12H,13H2,1-4H3,(H,26,27)(H,23,24,25)/b8-7-,10-9+. The Hall–Kier alpha value is -4.06. The molecule has 0 aliphatic carbocycles. The first-order valence-corrected chi connectivity index (χ1v) is 11.3. The molecule has 1 aromatic heterocycles. The van der Waals surface area contributed by atoms with E-state index in [9.17, 15) is 18.0 Å². The van der Waals surface area contributed by atoms with Crippen molar-refractivity contribution in [3.8, 4) is 23.0 Å². The highest BCUT2D eigenvalue weighted by Crippen LogP contribution is 2.35. The van der Waals surface area contributed by atoms with Crippen molar-refractivity contribution in [1.29, 1.82) is 0 Å². The molecule has 2 rings (SSSR count). The summed E-state index contributed by atoms with van der Waals surface area (Å²) in [5, 5.41) is 12.0. The topological polar surface area (TPSA) is 150 Å². The third-order valence-electron chi connectivity index (χ3n) is 4.30. The lowest BCUT2D eigenvalue weighted by molar-refractivity contribution is -0.131. The highest BCUT2D eigenvalue weighted by molar-refractivity contribution is 7.93. The van der Waals surface area contributed by atoms with Gasteiger partial charge in [0, 0.05) is 29.7 Å². The van der Waals surface area contributed by atoms with Gasteiger partial charge in [-0.15, -0.1) is 0 Å². The maximum Gasteiger partial charge on any atom is 0.328 e. The number of aromatic nitrogens is 1. The zero-order valence-electron chi connectivity index (χ0n) is 18.9. The molecule has 0 saturated carbocycles. The number of hydrogen-bond acceptors (Lipinski definition) is 9. The molecule has 1 heterocycles. The zero-order valence-corrected chi connectivity index (χ0v) is 19.7. The number of nitrogens with one attached hydrogen (secondary N) is 1. The van der Waals surface area contributed by atoms with E-state index in [1.54, 1.807) is 12.1 Å². The SMILES string of the molecule is COc1cc(OC)c(/C=C/S(=O)(=O)Cc2ccc(OC)c(NC(=O)/C=C\C(=O)O)n2)c(OC)c1. The molecule has 0 radical (unpaired) electrons. The lowest BCUT2D eigenvalue weighted by Gasteiger charge is -2.12. The normalized spacial score (nSPS) is 11.4. The van der Waals surface area contributed by atoms with Crippen LogP contribution in [0.25, 0.3) is 6.08 Å². The Morgan fingerprint density at radius 1 is 0.971 bits per heavy atom. The van der Waals surface area contributed by atoms with Crippen LogP contribution >= 0.6 is 0 Å². The van der Waals surface area contributed by atoms with E-state index in [0.717, 1.165) is 11.5 Å². The molecular weight excluding hydrogens is 468 g/mol. The average molecular weight is 493 g/mol. The summed E-state index contributed by atoms with van der Waals surface area (Å²) in [7, 11) is 1.87. The van der Waals surface area contributed by atoms with E-state index in [2.05, 4.69) is 10.3 Å². The third kappa shape index (κ3) is 7.24. The predicted molar refractivity (Wildman–Crippen MR) is 124 cm³/mol. The summed E-state index contributed by atoms with van der Waals surface area (Å²) in [4.78, 5) is 26.6. The molecule has 12 heteroatoms. The van der Waals surface area contributed by atoms with Crippen molar-refractivity contribution in [1.82, 2.24) is 4.98 Å². The molecule has 0 aliphatic heterocycles. The van der Waals surface area contributed by atoms with Gasteiger partial charge in [-0.25, -0.2) is 18.2 Å². The first-order valence-electron chi connectivity index (χ1n) is 9.59. The van der Waals surface area contributed by atoms with Crippen molar-refractivity contribution in [2.75, 3.05) is 33.8 Å². The number of rotatable bonds is 11. The molecular formula is C22H24N2O9S. The van der Waals surface area contributed by atoms with Gasteiger partial charge < -0.3 is 29.4 Å². The van der Waals surface area contributed by atoms with Crippen molar-refractivity contribution < 1.29 is 42.1 Å². The number of ether oxygens (including phenoxy) is 4. The molecule has 0 spiro atoms. The van der Waals surface area contributed by atoms with Gasteiger partial charge in [0.25, 0.3) is 0 Å². The highest BCUT2D eigenvalue weighted by atomic mass is 32.2. The van der Waals surface area contributed by atoms with E-state index in [1.807, 2.05) is 0 Å². The quantitative estimate of drug-likeness (QED) is 0.447. The lowest BCUT2D eigenvalue weighted by atomic mass is 10.1. The fourth-order valence-corrected chi connectivity index (χ4v) is 3.76. The second-order valence-electron chi connectivity index (χ2n) is 6.57. The van der Waals surface area contributed by atoms with Crippen LogP contribution in [0.3, 0.4) is 0 Å². The van der Waals surface area contributed by atoms with Gasteiger partial charge in [0.2, 0.25) is 5.91 Å². The number of pyridine rings is 1. The summed E-state index contributed by atoms with van der Waals surface area (Å²) in [5.74, 6) is -1.27. The van der Waals surface area contributed by atoms with Crippen LogP contribution in [0.5, 0.6) is 23.0 Å². The highest BCUT2D eigenvalue weighted by Gasteiger charge is 2.16. The van der Waals surface area contributed by atoms with Crippen LogP contribution in [0, 0.1) is 0 Å². The van der Waals surface area contributed by atoms with Crippen LogP contribution in [0.4, 0.5) is 5.82 Å². The molecule has 2 N–H and O–H groups in total. The summed E-state index contributed by atoms with van der Waals surface area (Å²) in [6.07, 6.45) is 2.79. The van der Waals surface area contributed by atoms with Crippen molar-refractivity contribution in [2.45, 2.75) is 5.75 Å². The molecule has 1 amide bonds. The van der Waals surface area contributed by atoms with Crippen LogP contribution in [0.1, 0.15) is 11.3 Å². The summed E-state index contributed by atoms with van der Waals surface area (Å²) in [6.45, 7) is 0. The minimum Gasteiger partial charge on any atom is -0.496 e. The van der Waals surface area contributed by atoms with E-state index in [-0.39, 0.29) is 17.3 Å². The average Bonchev–Trinajstić information content (AvgIpc) is 2.80. The molecule has 0 unspecified atom stereocenters. The fraction of sp³-hybridized carbons (Fsp3) is 0.227. The monoisotopic (exact) mass is 492 g/mol. The lowest BCUT2D eigenvalue weighted by Crippen LogP contribution is -2.13. The molecule has 0 aliphatic rings. The maximum absolute atomic E-state index is 12.7. The predicted octanol–water partition coefficient (Wildman–Crippen LogP) is 2.28. The van der Waals surface area contributed by atoms with Crippen LogP contribution in [-0.4, -0.2) is 58.8 Å². The van der Waals surface area contributed by atoms with Gasteiger partial charge >= 0.3 is 5.97 Å². The van der Waals surface area contributed by atoms with Crippen molar-refractivity contribution in [3.63, 3.8) is 0 Å². The number of carboxylic acid groups (broad SMARTS) is 1. The Morgan fingerprint density at radius 2 is 1.59 bits per heavy atom. The van der Waals surface area contributed by atoms with Gasteiger partial charge in [-0.2, -0.15) is 0 Å². The van der Waals surface area contributed by atoms with Gasteiger partial charge in [0.05, 0.1) is 45.4 Å². The minimum absolute atomic E-state index is 0.0577. The Balaban J connectivity index is 2.31. The molecule has 34 heavy (non-hydrogen) atoms. The van der Waals surface area contributed by atoms with E-state index in [4.69, 9.17) is 24.1 Å². The Morgan fingerprint density at radius 3 is 2.12 bits per heavy atom. The number of carboxylic acids is 1. The number of carbonyl (C=O) groups is 2. The number of sulfone groups is 1. The number of nitrogens with zero attached hydrogens (tertiary/aromatic N) is 1. The van der Waals surface area contributed by atoms with E-state index in [1.165, 1.54) is 46.6 Å². The van der Waals surface area contributed by atoms with Crippen LogP contribution in [-0.2, 0) is 25.2 Å². The molecule has 2 aromatic rings. The molecule has 0 saturated heterocycles. The van der Waals surface area contributed by atoms with Gasteiger partial charge in [0.15, 0.2) is 21.4 Å². The van der Waals surface area contributed by atoms with Gasteiger partial charge in [-0.05, 0) is 18.2 Å². The number of hydrogen-bond donors (Lipinski definition) is 2. The molecule has 1 aromatic carbocycles. The first-order chi connectivity index (χ1) is 16.1. The Labute approximate surface area is 196 Å². The van der Waals surface area contributed by atoms with Gasteiger partial charge in [-0.3, -0.25) is 4.79 Å². The summed E-state index contributed by atoms with van der Waals surface area (Å²) >= 11 is 0. The van der Waals surface area contributed by atoms with Crippen LogP contribution in [0.15, 0.2) is 41.8 Å². The minimum atomic E-state index is -3.82. The smallest absolute Gasteiger partial charge is 0.328 e. The van der Waals surface area contributed by atoms with Gasteiger partial charge in [0.1, 0.15) is 17.2 Å². The number of anilines is 1. The molecule has 0 fully saturated rings. The number of methoxy groups -OCH3 is 4. The van der Waals surface area contributed by atoms with E-state index >= 15 is 0 Å². The number of aliphatic carboxylic acids is 1. The maximum atomic E-state index is 12.7. The second-order valence-corrected chi connectivity index (χ2v) is 8.46. The summed E-state index contributed by atoms with van der Waals surface area (Å²) in [6, 6.07) is 6.05. The number of benzene rings is 1. The number of carbonyl (C=O) groups excluding carboxylic acids is 1. The summed E-state index contributed by atoms with van der Waals surface area (Å²) < 4.78 is 46.4. The van der Waals surface area contributed by atoms with Crippen molar-refractivity contribution in [2.24, 2.45) is 0 Å². The number of amides is 1. The van der Waals surface area contributed by atoms with Crippen molar-refractivity contribution >= 4 is 33.6 Å². The van der Waals surface area contributed by atoms with Gasteiger partial charge in [-0.1, -0.05) is 0 Å². The molecule has 11 nitrogen and oxygen atoms in total. The van der Waals surface area contributed by atoms with E-state index < -0.39 is 27.5 Å². The van der Waals surface area contributed by atoms with E-state index in [0.29, 0.717) is 28.9 Å². The first kappa shape index (κ1) is 26.2. The van der Waals surface area contributed by atoms with Crippen LogP contribution < -0.4 is 24.3 Å². The molecule has 182 valence electrons. The summed E-state index contributed by atoms with van der Waals surface area (Å²) in [5.41, 5.74) is 0.520. The molecule has 0 atom stereocenters. The van der Waals surface area contributed by atoms with Crippen LogP contribution in [0.2, 0.25) is 0 Å². The largest absolute Gasteiger partial charge is 0.496 e.